The minimum absolute atomic E-state index is 0.00918. The van der Waals surface area contributed by atoms with Crippen LogP contribution in [0.2, 0.25) is 5.28 Å². The highest BCUT2D eigenvalue weighted by molar-refractivity contribution is 7.51. The summed E-state index contributed by atoms with van der Waals surface area (Å²) in [5.74, 6) is 0.739. The van der Waals surface area contributed by atoms with Crippen molar-refractivity contribution in [3.8, 4) is 0 Å². The summed E-state index contributed by atoms with van der Waals surface area (Å²) in [4.78, 5) is 26.6. The van der Waals surface area contributed by atoms with Gasteiger partial charge in [0.25, 0.3) is 0 Å². The molecule has 3 heterocycles. The molecule has 5 N–H and O–H groups in total. The van der Waals surface area contributed by atoms with Gasteiger partial charge < -0.3 is 39.4 Å². The number of halogens is 1. The molecule has 35 heavy (non-hydrogen) atoms. The normalized spacial score (nSPS) is 23.8. The number of ether oxygens (including phenoxy) is 2. The molecule has 0 bridgehead atoms. The smallest absolute Gasteiger partial charge is 0.350 e. The first-order valence-electron chi connectivity index (χ1n) is 11.0. The first-order valence-corrected chi connectivity index (χ1v) is 13.2. The molecule has 0 radical (unpaired) electrons. The second kappa shape index (κ2) is 10.5. The van der Waals surface area contributed by atoms with Gasteiger partial charge in [-0.2, -0.15) is 4.98 Å². The van der Waals surface area contributed by atoms with Crippen LogP contribution in [0.25, 0.3) is 11.0 Å². The Labute approximate surface area is 206 Å². The van der Waals surface area contributed by atoms with Gasteiger partial charge in [-0.3, -0.25) is 4.57 Å². The number of fused-ring (bicyclic) bond motifs is 1. The van der Waals surface area contributed by atoms with Gasteiger partial charge in [0, 0.05) is 6.20 Å². The van der Waals surface area contributed by atoms with Crippen molar-refractivity contribution in [2.75, 3.05) is 18.3 Å². The molecule has 1 aliphatic heterocycles. The summed E-state index contributed by atoms with van der Waals surface area (Å²) in [6, 6.07) is 11.6. The third-order valence-electron chi connectivity index (χ3n) is 5.82. The Balaban J connectivity index is 1.61. The second-order valence-corrected chi connectivity index (χ2v) is 10.7. The predicted molar refractivity (Wildman–Crippen MR) is 129 cm³/mol. The second-order valence-electron chi connectivity index (χ2n) is 8.79. The zero-order valence-electron chi connectivity index (χ0n) is 19.1. The number of nitrogens with one attached hydrogen (secondary N) is 1. The van der Waals surface area contributed by atoms with E-state index in [1.165, 1.54) is 4.57 Å². The molecule has 0 saturated carbocycles. The third-order valence-corrected chi connectivity index (χ3v) is 6.50. The number of nitrogens with zero attached hydrogens (tertiary/aromatic N) is 3. The van der Waals surface area contributed by atoms with Gasteiger partial charge in [0.2, 0.25) is 5.28 Å². The van der Waals surface area contributed by atoms with Crippen molar-refractivity contribution >= 4 is 36.0 Å². The predicted octanol–water partition coefficient (Wildman–Crippen LogP) is 2.66. The van der Waals surface area contributed by atoms with Crippen LogP contribution in [0.5, 0.6) is 0 Å². The number of anilines is 1. The molecule has 1 aromatic carbocycles. The first kappa shape index (κ1) is 26.0. The lowest BCUT2D eigenvalue weighted by atomic mass is 9.96. The monoisotopic (exact) mass is 526 g/mol. The van der Waals surface area contributed by atoms with Crippen molar-refractivity contribution in [1.29, 1.82) is 0 Å². The summed E-state index contributed by atoms with van der Waals surface area (Å²) in [6.45, 7) is 3.87. The molecule has 5 atom stereocenters. The Morgan fingerprint density at radius 2 is 1.89 bits per heavy atom. The number of aliphatic hydroxyl groups excluding tert-OH is 2. The van der Waals surface area contributed by atoms with E-state index in [2.05, 4.69) is 29.1 Å². The lowest BCUT2D eigenvalue weighted by Crippen LogP contribution is -2.33. The summed E-state index contributed by atoms with van der Waals surface area (Å²) in [6.07, 6.45) is -3.88. The van der Waals surface area contributed by atoms with Gasteiger partial charge >= 0.3 is 7.60 Å². The fourth-order valence-electron chi connectivity index (χ4n) is 4.15. The number of benzene rings is 1. The van der Waals surface area contributed by atoms with Gasteiger partial charge in [0.1, 0.15) is 36.1 Å². The summed E-state index contributed by atoms with van der Waals surface area (Å²) in [5.41, 5.74) is 1.47. The van der Waals surface area contributed by atoms with Crippen LogP contribution in [0, 0.1) is 5.92 Å². The minimum Gasteiger partial charge on any atom is -0.387 e. The maximum Gasteiger partial charge on any atom is 0.350 e. The quantitative estimate of drug-likeness (QED) is 0.207. The lowest BCUT2D eigenvalue weighted by Gasteiger charge is -2.24. The Kier molecular flexibility index (Phi) is 7.80. The van der Waals surface area contributed by atoms with Gasteiger partial charge in [-0.25, -0.2) is 4.98 Å². The molecule has 1 aliphatic rings. The molecular weight excluding hydrogens is 499 g/mol. The van der Waals surface area contributed by atoms with E-state index in [4.69, 9.17) is 30.9 Å². The van der Waals surface area contributed by atoms with E-state index in [9.17, 15) is 14.8 Å². The Morgan fingerprint density at radius 3 is 2.54 bits per heavy atom. The maximum atomic E-state index is 11.0. The molecule has 4 rings (SSSR count). The van der Waals surface area contributed by atoms with E-state index in [1.807, 2.05) is 30.3 Å². The third kappa shape index (κ3) is 5.84. The Hall–Kier alpha value is -2.08. The summed E-state index contributed by atoms with van der Waals surface area (Å²) in [5, 5.41) is 25.1. The molecule has 1 fully saturated rings. The van der Waals surface area contributed by atoms with Crippen molar-refractivity contribution in [3.05, 3.63) is 53.4 Å². The average Bonchev–Trinajstić information content (AvgIpc) is 3.33. The van der Waals surface area contributed by atoms with Gasteiger partial charge in [-0.05, 0) is 29.1 Å². The van der Waals surface area contributed by atoms with E-state index in [0.717, 1.165) is 5.56 Å². The summed E-state index contributed by atoms with van der Waals surface area (Å²) >= 11 is 6.25. The van der Waals surface area contributed by atoms with Crippen LogP contribution in [-0.2, 0) is 14.0 Å². The lowest BCUT2D eigenvalue weighted by molar-refractivity contribution is -0.0610. The summed E-state index contributed by atoms with van der Waals surface area (Å²) < 4.78 is 23.3. The zero-order chi connectivity index (χ0) is 25.3. The molecule has 13 heteroatoms. The standard InChI is InChI=1S/C22H28ClN4O7P/c1-12(2)16(13-6-4-3-5-7-13)24-19-14-8-9-27(20(14)26-22(23)25-19)21-18(29)17(28)15(34-21)10-33-11-35(30,31)32/h3-9,12,15-18,21,28-29H,10-11H2,1-2H3,(H,24,25,26)(H2,30,31,32)/t15-,16-,17-,18-,21-/m1/s1. The van der Waals surface area contributed by atoms with Crippen LogP contribution >= 0.6 is 19.2 Å². The molecule has 190 valence electrons. The van der Waals surface area contributed by atoms with Gasteiger partial charge in [0.05, 0.1) is 18.0 Å². The fourth-order valence-corrected chi connectivity index (χ4v) is 4.66. The molecule has 0 amide bonds. The molecular formula is C22H28ClN4O7P. The SMILES string of the molecule is CC(C)[C@@H](Nc1nc(Cl)nc2c1ccn2[C@@H]1O[C@H](COCP(=O)(O)O)[C@@H](O)[C@H]1O)c1ccccc1. The zero-order valence-corrected chi connectivity index (χ0v) is 20.8. The van der Waals surface area contributed by atoms with Crippen molar-refractivity contribution in [1.82, 2.24) is 14.5 Å². The van der Waals surface area contributed by atoms with Gasteiger partial charge in [-0.15, -0.1) is 0 Å². The molecule has 1 saturated heterocycles. The van der Waals surface area contributed by atoms with E-state index in [0.29, 0.717) is 16.9 Å². The number of hydrogen-bond acceptors (Lipinski definition) is 8. The molecule has 0 aliphatic carbocycles. The van der Waals surface area contributed by atoms with Crippen LogP contribution in [0.15, 0.2) is 42.6 Å². The average molecular weight is 527 g/mol. The van der Waals surface area contributed by atoms with Crippen molar-refractivity contribution in [2.45, 2.75) is 44.4 Å². The van der Waals surface area contributed by atoms with Crippen LogP contribution in [0.1, 0.15) is 31.7 Å². The van der Waals surface area contributed by atoms with Crippen molar-refractivity contribution in [3.63, 3.8) is 0 Å². The molecule has 0 unspecified atom stereocenters. The number of aromatic nitrogens is 3. The van der Waals surface area contributed by atoms with Crippen LogP contribution in [0.3, 0.4) is 0 Å². The van der Waals surface area contributed by atoms with Crippen molar-refractivity contribution < 1.29 is 34.0 Å². The van der Waals surface area contributed by atoms with E-state index in [1.54, 1.807) is 12.3 Å². The molecule has 2 aromatic heterocycles. The molecule has 0 spiro atoms. The topological polar surface area (TPSA) is 159 Å². The summed E-state index contributed by atoms with van der Waals surface area (Å²) in [7, 11) is -4.37. The maximum absolute atomic E-state index is 11.0. The minimum atomic E-state index is -4.37. The Bertz CT molecular complexity index is 1210. The van der Waals surface area contributed by atoms with E-state index >= 15 is 0 Å². The van der Waals surface area contributed by atoms with Crippen LogP contribution in [0.4, 0.5) is 5.82 Å². The first-order chi connectivity index (χ1) is 16.5. The molecule has 3 aromatic rings. The van der Waals surface area contributed by atoms with Gasteiger partial charge in [-0.1, -0.05) is 44.2 Å². The highest BCUT2D eigenvalue weighted by Gasteiger charge is 2.44. The largest absolute Gasteiger partial charge is 0.387 e. The number of aliphatic hydroxyl groups is 2. The molecule has 11 nitrogen and oxygen atoms in total. The number of rotatable bonds is 9. The van der Waals surface area contributed by atoms with Crippen molar-refractivity contribution in [2.24, 2.45) is 5.92 Å². The van der Waals surface area contributed by atoms with Crippen LogP contribution in [-0.4, -0.2) is 65.8 Å². The van der Waals surface area contributed by atoms with Crippen LogP contribution < -0.4 is 5.32 Å². The Morgan fingerprint density at radius 1 is 1.17 bits per heavy atom. The highest BCUT2D eigenvalue weighted by Crippen LogP contribution is 2.37. The number of hydrogen-bond donors (Lipinski definition) is 5. The van der Waals surface area contributed by atoms with E-state index in [-0.39, 0.29) is 23.9 Å². The highest BCUT2D eigenvalue weighted by atomic mass is 35.5. The van der Waals surface area contributed by atoms with E-state index < -0.39 is 38.5 Å². The fraction of sp³-hybridized carbons (Fsp3) is 0.455. The van der Waals surface area contributed by atoms with Gasteiger partial charge in [0.15, 0.2) is 6.23 Å².